The van der Waals surface area contributed by atoms with Gasteiger partial charge in [0.1, 0.15) is 0 Å². The van der Waals surface area contributed by atoms with Gasteiger partial charge in [0, 0.05) is 29.9 Å². The number of amides is 2. The molecular weight excluding hydrogens is 302 g/mol. The number of anilines is 1. The first-order valence-corrected chi connectivity index (χ1v) is 8.96. The summed E-state index contributed by atoms with van der Waals surface area (Å²) in [6.07, 6.45) is 4.24. The second kappa shape index (κ2) is 8.71. The summed E-state index contributed by atoms with van der Waals surface area (Å²) in [5.41, 5.74) is 1.41. The zero-order valence-corrected chi connectivity index (χ0v) is 15.0. The summed E-state index contributed by atoms with van der Waals surface area (Å²) in [4.78, 5) is 26.5. The highest BCUT2D eigenvalue weighted by Gasteiger charge is 2.28. The van der Waals surface area contributed by atoms with Gasteiger partial charge in [0.05, 0.1) is 6.54 Å². The lowest BCUT2D eigenvalue weighted by molar-refractivity contribution is -0.135. The van der Waals surface area contributed by atoms with Crippen LogP contribution in [0, 0.1) is 0 Å². The zero-order valence-electron chi connectivity index (χ0n) is 15.0. The summed E-state index contributed by atoms with van der Waals surface area (Å²) in [7, 11) is 0. The van der Waals surface area contributed by atoms with Crippen LogP contribution in [0.3, 0.4) is 0 Å². The van der Waals surface area contributed by atoms with Gasteiger partial charge in [0.2, 0.25) is 5.91 Å². The Bertz CT molecular complexity index is 563. The van der Waals surface area contributed by atoms with Gasteiger partial charge in [-0.05, 0) is 57.7 Å². The van der Waals surface area contributed by atoms with E-state index in [2.05, 4.69) is 24.5 Å². The molecule has 1 saturated heterocycles. The van der Waals surface area contributed by atoms with E-state index in [1.165, 1.54) is 6.42 Å². The number of hydrogen-bond acceptors (Lipinski definition) is 3. The summed E-state index contributed by atoms with van der Waals surface area (Å²) in [6, 6.07) is 7.89. The van der Waals surface area contributed by atoms with Crippen LogP contribution in [0.25, 0.3) is 0 Å². The van der Waals surface area contributed by atoms with Crippen LogP contribution in [0.5, 0.6) is 0 Å². The van der Waals surface area contributed by atoms with Crippen molar-refractivity contribution in [1.82, 2.24) is 10.2 Å². The standard InChI is InChI=1S/C19H29N3O2/c1-4-11-20-19(24)16-9-6-10-17(12-16)21-13-18(23)22-14(2)7-5-8-15(22)3/h6,9-10,12,14-15,21H,4-5,7-8,11,13H2,1-3H3,(H,20,24). The summed E-state index contributed by atoms with van der Waals surface area (Å²) in [6.45, 7) is 7.18. The molecule has 0 saturated carbocycles. The molecule has 132 valence electrons. The van der Waals surface area contributed by atoms with Crippen LogP contribution in [0.15, 0.2) is 24.3 Å². The molecule has 2 atom stereocenters. The highest BCUT2D eigenvalue weighted by Crippen LogP contribution is 2.22. The summed E-state index contributed by atoms with van der Waals surface area (Å²) >= 11 is 0. The third kappa shape index (κ3) is 4.73. The number of likely N-dealkylation sites (tertiary alicyclic amines) is 1. The molecule has 1 aromatic rings. The van der Waals surface area contributed by atoms with Gasteiger partial charge in [-0.15, -0.1) is 0 Å². The monoisotopic (exact) mass is 331 g/mol. The summed E-state index contributed by atoms with van der Waals surface area (Å²) in [5, 5.41) is 6.03. The van der Waals surface area contributed by atoms with E-state index < -0.39 is 0 Å². The molecule has 0 aromatic heterocycles. The van der Waals surface area contributed by atoms with Crippen molar-refractivity contribution in [2.24, 2.45) is 0 Å². The first kappa shape index (κ1) is 18.3. The van der Waals surface area contributed by atoms with Crippen molar-refractivity contribution in [3.05, 3.63) is 29.8 Å². The lowest BCUT2D eigenvalue weighted by atomic mass is 9.97. The summed E-state index contributed by atoms with van der Waals surface area (Å²) in [5.74, 6) is 0.0423. The Balaban J connectivity index is 1.94. The SMILES string of the molecule is CCCNC(=O)c1cccc(NCC(=O)N2C(C)CCCC2C)c1. The van der Waals surface area contributed by atoms with Gasteiger partial charge in [-0.2, -0.15) is 0 Å². The van der Waals surface area contributed by atoms with Gasteiger partial charge in [-0.3, -0.25) is 9.59 Å². The van der Waals surface area contributed by atoms with Gasteiger partial charge in [-0.25, -0.2) is 0 Å². The number of benzene rings is 1. The third-order valence-electron chi connectivity index (χ3n) is 4.59. The van der Waals surface area contributed by atoms with E-state index in [-0.39, 0.29) is 18.4 Å². The molecule has 1 aliphatic rings. The molecule has 0 radical (unpaired) electrons. The van der Waals surface area contributed by atoms with E-state index >= 15 is 0 Å². The minimum absolute atomic E-state index is 0.0786. The molecule has 5 heteroatoms. The molecule has 2 rings (SSSR count). The Labute approximate surface area is 144 Å². The molecular formula is C19H29N3O2. The highest BCUT2D eigenvalue weighted by molar-refractivity contribution is 5.95. The van der Waals surface area contributed by atoms with Crippen molar-refractivity contribution >= 4 is 17.5 Å². The fourth-order valence-corrected chi connectivity index (χ4v) is 3.29. The highest BCUT2D eigenvalue weighted by atomic mass is 16.2. The fourth-order valence-electron chi connectivity index (χ4n) is 3.29. The zero-order chi connectivity index (χ0) is 17.5. The van der Waals surface area contributed by atoms with Crippen LogP contribution in [0.4, 0.5) is 5.69 Å². The topological polar surface area (TPSA) is 61.4 Å². The average molecular weight is 331 g/mol. The Morgan fingerprint density at radius 3 is 2.58 bits per heavy atom. The van der Waals surface area contributed by atoms with Crippen molar-refractivity contribution in [1.29, 1.82) is 0 Å². The van der Waals surface area contributed by atoms with Crippen LogP contribution in [-0.4, -0.2) is 41.9 Å². The minimum Gasteiger partial charge on any atom is -0.376 e. The molecule has 0 bridgehead atoms. The summed E-state index contributed by atoms with van der Waals surface area (Å²) < 4.78 is 0. The molecule has 2 N–H and O–H groups in total. The van der Waals surface area contributed by atoms with Crippen molar-refractivity contribution in [3.8, 4) is 0 Å². The Hall–Kier alpha value is -2.04. The molecule has 1 fully saturated rings. The van der Waals surface area contributed by atoms with E-state index in [0.717, 1.165) is 24.9 Å². The van der Waals surface area contributed by atoms with Gasteiger partial charge < -0.3 is 15.5 Å². The molecule has 0 aliphatic carbocycles. The number of piperidine rings is 1. The fraction of sp³-hybridized carbons (Fsp3) is 0.579. The molecule has 5 nitrogen and oxygen atoms in total. The predicted molar refractivity (Wildman–Crippen MR) is 97.2 cm³/mol. The molecule has 1 aromatic carbocycles. The second-order valence-electron chi connectivity index (χ2n) is 6.62. The maximum absolute atomic E-state index is 12.5. The first-order chi connectivity index (χ1) is 11.5. The first-order valence-electron chi connectivity index (χ1n) is 8.96. The Kier molecular flexibility index (Phi) is 6.64. The third-order valence-corrected chi connectivity index (χ3v) is 4.59. The lowest BCUT2D eigenvalue weighted by Gasteiger charge is -2.39. The van der Waals surface area contributed by atoms with E-state index in [1.54, 1.807) is 12.1 Å². The number of hydrogen-bond donors (Lipinski definition) is 2. The number of carbonyl (C=O) groups excluding carboxylic acids is 2. The number of nitrogens with zero attached hydrogens (tertiary/aromatic N) is 1. The van der Waals surface area contributed by atoms with Gasteiger partial charge in [-0.1, -0.05) is 13.0 Å². The number of carbonyl (C=O) groups is 2. The molecule has 1 aliphatic heterocycles. The molecule has 24 heavy (non-hydrogen) atoms. The smallest absolute Gasteiger partial charge is 0.251 e. The van der Waals surface area contributed by atoms with Crippen molar-refractivity contribution in [2.45, 2.75) is 58.5 Å². The largest absolute Gasteiger partial charge is 0.376 e. The predicted octanol–water partition coefficient (Wildman–Crippen LogP) is 3.03. The quantitative estimate of drug-likeness (QED) is 0.842. The number of nitrogens with one attached hydrogen (secondary N) is 2. The molecule has 1 heterocycles. The van der Waals surface area contributed by atoms with Crippen molar-refractivity contribution in [3.63, 3.8) is 0 Å². The average Bonchev–Trinajstić information content (AvgIpc) is 2.58. The van der Waals surface area contributed by atoms with E-state index in [1.807, 2.05) is 24.0 Å². The normalized spacial score (nSPS) is 20.5. The Morgan fingerprint density at radius 1 is 1.21 bits per heavy atom. The van der Waals surface area contributed by atoms with Crippen LogP contribution in [0.1, 0.15) is 56.8 Å². The molecule has 2 unspecified atom stereocenters. The van der Waals surface area contributed by atoms with E-state index in [4.69, 9.17) is 0 Å². The lowest BCUT2D eigenvalue weighted by Crippen LogP contribution is -2.49. The number of rotatable bonds is 6. The minimum atomic E-state index is -0.0786. The van der Waals surface area contributed by atoms with E-state index in [0.29, 0.717) is 24.2 Å². The van der Waals surface area contributed by atoms with Crippen molar-refractivity contribution in [2.75, 3.05) is 18.4 Å². The Morgan fingerprint density at radius 2 is 1.92 bits per heavy atom. The molecule has 0 spiro atoms. The maximum atomic E-state index is 12.5. The molecule has 2 amide bonds. The van der Waals surface area contributed by atoms with Gasteiger partial charge in [0.15, 0.2) is 0 Å². The van der Waals surface area contributed by atoms with Crippen LogP contribution in [-0.2, 0) is 4.79 Å². The van der Waals surface area contributed by atoms with Gasteiger partial charge >= 0.3 is 0 Å². The van der Waals surface area contributed by atoms with Crippen LogP contribution < -0.4 is 10.6 Å². The van der Waals surface area contributed by atoms with Crippen molar-refractivity contribution < 1.29 is 9.59 Å². The van der Waals surface area contributed by atoms with Crippen LogP contribution >= 0.6 is 0 Å². The van der Waals surface area contributed by atoms with Gasteiger partial charge in [0.25, 0.3) is 5.91 Å². The maximum Gasteiger partial charge on any atom is 0.251 e. The second-order valence-corrected chi connectivity index (χ2v) is 6.62. The van der Waals surface area contributed by atoms with Crippen LogP contribution in [0.2, 0.25) is 0 Å². The van der Waals surface area contributed by atoms with E-state index in [9.17, 15) is 9.59 Å².